The highest BCUT2D eigenvalue weighted by Crippen LogP contribution is 2.36. The van der Waals surface area contributed by atoms with Gasteiger partial charge in [0.05, 0.1) is 12.4 Å². The standard InChI is InChI=1S/C21H22N2/c1-15-10-16(2)12-17(11-15)19-7-3-4-8-20(19)21-9-5-6-18-13-22-14-23(18)21/h3-4,7-8,10-14,21H,5-6,9H2,1-2H3. The van der Waals surface area contributed by atoms with Crippen molar-refractivity contribution in [2.45, 2.75) is 39.2 Å². The highest BCUT2D eigenvalue weighted by Gasteiger charge is 2.23. The van der Waals surface area contributed by atoms with E-state index in [2.05, 4.69) is 65.9 Å². The Morgan fingerprint density at radius 1 is 1.04 bits per heavy atom. The van der Waals surface area contributed by atoms with Crippen LogP contribution < -0.4 is 0 Å². The SMILES string of the molecule is Cc1cc(C)cc(-c2ccccc2C2CCCc3cncn32)c1. The van der Waals surface area contributed by atoms with Crippen molar-refractivity contribution in [2.24, 2.45) is 0 Å². The molecule has 116 valence electrons. The predicted molar refractivity (Wildman–Crippen MR) is 94.7 cm³/mol. The minimum absolute atomic E-state index is 0.401. The number of hydrogen-bond donors (Lipinski definition) is 0. The Morgan fingerprint density at radius 2 is 1.83 bits per heavy atom. The maximum absolute atomic E-state index is 4.37. The van der Waals surface area contributed by atoms with Gasteiger partial charge in [-0.05, 0) is 49.8 Å². The molecular weight excluding hydrogens is 280 g/mol. The molecule has 2 aromatic carbocycles. The Labute approximate surface area is 137 Å². The average molecular weight is 302 g/mol. The summed E-state index contributed by atoms with van der Waals surface area (Å²) < 4.78 is 2.37. The van der Waals surface area contributed by atoms with Crippen LogP contribution in [0.2, 0.25) is 0 Å². The number of imidazole rings is 1. The van der Waals surface area contributed by atoms with E-state index >= 15 is 0 Å². The van der Waals surface area contributed by atoms with Crippen molar-refractivity contribution in [3.63, 3.8) is 0 Å². The molecule has 4 rings (SSSR count). The van der Waals surface area contributed by atoms with E-state index in [-0.39, 0.29) is 0 Å². The van der Waals surface area contributed by atoms with Crippen molar-refractivity contribution in [1.82, 2.24) is 9.55 Å². The van der Waals surface area contributed by atoms with Gasteiger partial charge in [-0.2, -0.15) is 0 Å². The summed E-state index contributed by atoms with van der Waals surface area (Å²) in [6.45, 7) is 4.35. The van der Waals surface area contributed by atoms with E-state index < -0.39 is 0 Å². The van der Waals surface area contributed by atoms with Crippen LogP contribution in [-0.4, -0.2) is 9.55 Å². The van der Waals surface area contributed by atoms with Gasteiger partial charge in [-0.1, -0.05) is 53.6 Å². The summed E-state index contributed by atoms with van der Waals surface area (Å²) in [5.41, 5.74) is 8.09. The lowest BCUT2D eigenvalue weighted by atomic mass is 9.89. The summed E-state index contributed by atoms with van der Waals surface area (Å²) in [5.74, 6) is 0. The Bertz CT molecular complexity index is 824. The largest absolute Gasteiger partial charge is 0.327 e. The van der Waals surface area contributed by atoms with Crippen molar-refractivity contribution in [3.8, 4) is 11.1 Å². The van der Waals surface area contributed by atoms with Crippen LogP contribution in [0.3, 0.4) is 0 Å². The molecule has 2 nitrogen and oxygen atoms in total. The molecule has 1 aromatic heterocycles. The van der Waals surface area contributed by atoms with Gasteiger partial charge >= 0.3 is 0 Å². The van der Waals surface area contributed by atoms with Crippen molar-refractivity contribution < 1.29 is 0 Å². The van der Waals surface area contributed by atoms with E-state index in [0.717, 1.165) is 6.42 Å². The minimum atomic E-state index is 0.401. The van der Waals surface area contributed by atoms with E-state index in [1.807, 2.05) is 12.5 Å². The smallest absolute Gasteiger partial charge is 0.0953 e. The van der Waals surface area contributed by atoms with E-state index in [9.17, 15) is 0 Å². The second-order valence-electron chi connectivity index (χ2n) is 6.66. The lowest BCUT2D eigenvalue weighted by Gasteiger charge is -2.28. The second-order valence-corrected chi connectivity index (χ2v) is 6.66. The quantitative estimate of drug-likeness (QED) is 0.644. The number of nitrogens with zero attached hydrogens (tertiary/aromatic N) is 2. The number of aryl methyl sites for hydroxylation is 3. The first-order valence-electron chi connectivity index (χ1n) is 8.40. The molecule has 23 heavy (non-hydrogen) atoms. The molecule has 0 amide bonds. The Morgan fingerprint density at radius 3 is 2.65 bits per heavy atom. The zero-order valence-corrected chi connectivity index (χ0v) is 13.8. The van der Waals surface area contributed by atoms with E-state index in [1.54, 1.807) is 0 Å². The fraction of sp³-hybridized carbons (Fsp3) is 0.286. The summed E-state index contributed by atoms with van der Waals surface area (Å²) >= 11 is 0. The first-order valence-corrected chi connectivity index (χ1v) is 8.40. The molecule has 2 heteroatoms. The molecule has 0 saturated heterocycles. The zero-order valence-electron chi connectivity index (χ0n) is 13.8. The third-order valence-electron chi connectivity index (χ3n) is 4.85. The van der Waals surface area contributed by atoms with Crippen LogP contribution in [0.4, 0.5) is 0 Å². The molecule has 0 spiro atoms. The third kappa shape index (κ3) is 2.59. The highest BCUT2D eigenvalue weighted by molar-refractivity contribution is 5.69. The summed E-state index contributed by atoms with van der Waals surface area (Å²) in [4.78, 5) is 4.37. The summed E-state index contributed by atoms with van der Waals surface area (Å²) in [5, 5.41) is 0. The zero-order chi connectivity index (χ0) is 15.8. The molecule has 0 saturated carbocycles. The topological polar surface area (TPSA) is 17.8 Å². The molecule has 2 heterocycles. The van der Waals surface area contributed by atoms with Crippen LogP contribution in [0.15, 0.2) is 55.0 Å². The van der Waals surface area contributed by atoms with Crippen LogP contribution in [0.5, 0.6) is 0 Å². The predicted octanol–water partition coefficient (Wildman–Crippen LogP) is 5.09. The Kier molecular flexibility index (Phi) is 3.53. The molecule has 0 fully saturated rings. The summed E-state index contributed by atoms with van der Waals surface area (Å²) in [7, 11) is 0. The van der Waals surface area contributed by atoms with Crippen molar-refractivity contribution in [1.29, 1.82) is 0 Å². The Hall–Kier alpha value is -2.35. The lowest BCUT2D eigenvalue weighted by Crippen LogP contribution is -2.18. The number of benzene rings is 2. The van der Waals surface area contributed by atoms with E-state index in [0.29, 0.717) is 6.04 Å². The van der Waals surface area contributed by atoms with Crippen LogP contribution in [0, 0.1) is 13.8 Å². The number of aromatic nitrogens is 2. The van der Waals surface area contributed by atoms with E-state index in [1.165, 1.54) is 46.4 Å². The molecule has 1 unspecified atom stereocenters. The molecule has 0 radical (unpaired) electrons. The minimum Gasteiger partial charge on any atom is -0.327 e. The lowest BCUT2D eigenvalue weighted by molar-refractivity contribution is 0.458. The van der Waals surface area contributed by atoms with Crippen molar-refractivity contribution >= 4 is 0 Å². The maximum Gasteiger partial charge on any atom is 0.0953 e. The van der Waals surface area contributed by atoms with Gasteiger partial charge in [-0.25, -0.2) is 4.98 Å². The molecule has 0 aliphatic carbocycles. The maximum atomic E-state index is 4.37. The van der Waals surface area contributed by atoms with Crippen LogP contribution in [0.25, 0.3) is 11.1 Å². The average Bonchev–Trinajstić information content (AvgIpc) is 3.02. The summed E-state index contributed by atoms with van der Waals surface area (Å²) in [6, 6.07) is 16.1. The van der Waals surface area contributed by atoms with Crippen LogP contribution in [-0.2, 0) is 6.42 Å². The molecule has 0 bridgehead atoms. The first kappa shape index (κ1) is 14.3. The van der Waals surface area contributed by atoms with Crippen molar-refractivity contribution in [3.05, 3.63) is 77.4 Å². The van der Waals surface area contributed by atoms with Crippen LogP contribution >= 0.6 is 0 Å². The van der Waals surface area contributed by atoms with Gasteiger partial charge < -0.3 is 4.57 Å². The molecule has 3 aromatic rings. The molecule has 1 aliphatic heterocycles. The van der Waals surface area contributed by atoms with Crippen LogP contribution in [0.1, 0.15) is 41.3 Å². The Balaban J connectivity index is 1.86. The first-order chi connectivity index (χ1) is 11.2. The molecule has 0 N–H and O–H groups in total. The van der Waals surface area contributed by atoms with Gasteiger partial charge in [0.2, 0.25) is 0 Å². The normalized spacial score (nSPS) is 17.0. The van der Waals surface area contributed by atoms with Gasteiger partial charge in [0, 0.05) is 11.9 Å². The highest BCUT2D eigenvalue weighted by atomic mass is 15.1. The summed E-state index contributed by atoms with van der Waals surface area (Å²) in [6.07, 6.45) is 7.58. The molecule has 1 aliphatic rings. The monoisotopic (exact) mass is 302 g/mol. The van der Waals surface area contributed by atoms with Gasteiger partial charge in [0.25, 0.3) is 0 Å². The fourth-order valence-electron chi connectivity index (χ4n) is 3.91. The van der Waals surface area contributed by atoms with E-state index in [4.69, 9.17) is 0 Å². The van der Waals surface area contributed by atoms with Gasteiger partial charge in [-0.15, -0.1) is 0 Å². The fourth-order valence-corrected chi connectivity index (χ4v) is 3.91. The second kappa shape index (κ2) is 5.69. The van der Waals surface area contributed by atoms with Crippen molar-refractivity contribution in [2.75, 3.05) is 0 Å². The molecule has 1 atom stereocenters. The van der Waals surface area contributed by atoms with Gasteiger partial charge in [-0.3, -0.25) is 0 Å². The molecular formula is C21H22N2. The number of rotatable bonds is 2. The number of hydrogen-bond acceptors (Lipinski definition) is 1. The number of fused-ring (bicyclic) bond motifs is 1. The van der Waals surface area contributed by atoms with Gasteiger partial charge in [0.15, 0.2) is 0 Å². The van der Waals surface area contributed by atoms with Gasteiger partial charge in [0.1, 0.15) is 0 Å². The third-order valence-corrected chi connectivity index (χ3v) is 4.85.